The van der Waals surface area contributed by atoms with Crippen LogP contribution in [0, 0.1) is 0 Å². The van der Waals surface area contributed by atoms with Gasteiger partial charge in [0, 0.05) is 5.56 Å². The molecule has 0 unspecified atom stereocenters. The average molecular weight is 378 g/mol. The number of nitrogens with one attached hydrogen (secondary N) is 1. The topological polar surface area (TPSA) is 101 Å². The highest BCUT2D eigenvalue weighted by Crippen LogP contribution is 2.23. The molecule has 0 spiro atoms. The van der Waals surface area contributed by atoms with Crippen molar-refractivity contribution in [3.63, 3.8) is 0 Å². The maximum atomic E-state index is 11.9. The van der Waals surface area contributed by atoms with E-state index in [1.54, 1.807) is 66.7 Å². The van der Waals surface area contributed by atoms with Crippen LogP contribution in [0.2, 0.25) is 0 Å². The molecule has 142 valence electrons. The molecule has 0 saturated carbocycles. The first kappa shape index (κ1) is 19.1. The normalized spacial score (nSPS) is 11.9. The largest absolute Gasteiger partial charge is 0.465 e. The predicted molar refractivity (Wildman–Crippen MR) is 103 cm³/mol. The standard InChI is InChI=1S/C21H18N2O5/c1-27-21(26)16-9-5-8-15(12-16)18-11-10-17(28-18)13-22-23-20(25)19(24)14-6-3-2-4-7-14/h2-13,19,24H,1H3,(H,23,25)/b22-13-/t19-/m1/s1. The number of hydrogen-bond acceptors (Lipinski definition) is 6. The Labute approximate surface area is 161 Å². The zero-order chi connectivity index (χ0) is 19.9. The summed E-state index contributed by atoms with van der Waals surface area (Å²) in [6.07, 6.45) is 0.00933. The first-order valence-electron chi connectivity index (χ1n) is 8.43. The molecule has 0 aliphatic carbocycles. The second kappa shape index (κ2) is 8.79. The van der Waals surface area contributed by atoms with Crippen molar-refractivity contribution in [1.82, 2.24) is 5.43 Å². The van der Waals surface area contributed by atoms with E-state index in [1.807, 2.05) is 0 Å². The maximum absolute atomic E-state index is 11.9. The highest BCUT2D eigenvalue weighted by molar-refractivity contribution is 5.90. The molecule has 1 aromatic heterocycles. The third-order valence-electron chi connectivity index (χ3n) is 3.93. The Balaban J connectivity index is 1.65. The molecule has 0 fully saturated rings. The maximum Gasteiger partial charge on any atom is 0.337 e. The van der Waals surface area contributed by atoms with E-state index in [9.17, 15) is 14.7 Å². The number of carbonyl (C=O) groups excluding carboxylic acids is 2. The minimum atomic E-state index is -1.31. The summed E-state index contributed by atoms with van der Waals surface area (Å²) in [4.78, 5) is 23.6. The van der Waals surface area contributed by atoms with Gasteiger partial charge in [0.05, 0.1) is 18.9 Å². The Morgan fingerprint density at radius 1 is 1.11 bits per heavy atom. The molecule has 0 radical (unpaired) electrons. The van der Waals surface area contributed by atoms with Gasteiger partial charge in [-0.1, -0.05) is 42.5 Å². The number of aliphatic hydroxyl groups excluding tert-OH is 1. The molecule has 7 nitrogen and oxygen atoms in total. The number of carbonyl (C=O) groups is 2. The summed E-state index contributed by atoms with van der Waals surface area (Å²) < 4.78 is 10.4. The van der Waals surface area contributed by atoms with Crippen LogP contribution in [0.3, 0.4) is 0 Å². The van der Waals surface area contributed by atoms with Gasteiger partial charge in [0.25, 0.3) is 5.91 Å². The first-order chi connectivity index (χ1) is 13.6. The van der Waals surface area contributed by atoms with E-state index in [4.69, 9.17) is 9.15 Å². The smallest absolute Gasteiger partial charge is 0.337 e. The number of methoxy groups -OCH3 is 1. The number of esters is 1. The summed E-state index contributed by atoms with van der Waals surface area (Å²) in [5.41, 5.74) is 3.85. The van der Waals surface area contributed by atoms with Gasteiger partial charge in [-0.2, -0.15) is 5.10 Å². The van der Waals surface area contributed by atoms with Crippen LogP contribution in [-0.2, 0) is 9.53 Å². The van der Waals surface area contributed by atoms with E-state index in [1.165, 1.54) is 13.3 Å². The van der Waals surface area contributed by atoms with Gasteiger partial charge in [0.1, 0.15) is 11.5 Å². The molecule has 0 aliphatic heterocycles. The van der Waals surface area contributed by atoms with Crippen LogP contribution in [-0.4, -0.2) is 30.3 Å². The van der Waals surface area contributed by atoms with Gasteiger partial charge in [0.15, 0.2) is 6.10 Å². The van der Waals surface area contributed by atoms with E-state index in [-0.39, 0.29) is 0 Å². The number of hydrogen-bond donors (Lipinski definition) is 2. The van der Waals surface area contributed by atoms with Crippen molar-refractivity contribution in [2.45, 2.75) is 6.10 Å². The van der Waals surface area contributed by atoms with Gasteiger partial charge in [-0.3, -0.25) is 4.79 Å². The number of rotatable bonds is 6. The summed E-state index contributed by atoms with van der Waals surface area (Å²) in [7, 11) is 1.32. The summed E-state index contributed by atoms with van der Waals surface area (Å²) in [5, 5.41) is 13.8. The lowest BCUT2D eigenvalue weighted by Crippen LogP contribution is -2.25. The van der Waals surface area contributed by atoms with Crippen molar-refractivity contribution in [1.29, 1.82) is 0 Å². The van der Waals surface area contributed by atoms with Crippen LogP contribution in [0.25, 0.3) is 11.3 Å². The van der Waals surface area contributed by atoms with Crippen molar-refractivity contribution in [2.24, 2.45) is 5.10 Å². The Morgan fingerprint density at radius 3 is 2.64 bits per heavy atom. The van der Waals surface area contributed by atoms with E-state index >= 15 is 0 Å². The van der Waals surface area contributed by atoms with Crippen molar-refractivity contribution in [3.8, 4) is 11.3 Å². The minimum absolute atomic E-state index is 0.396. The zero-order valence-corrected chi connectivity index (χ0v) is 15.0. The summed E-state index contributed by atoms with van der Waals surface area (Å²) >= 11 is 0. The van der Waals surface area contributed by atoms with Gasteiger partial charge in [-0.15, -0.1) is 0 Å². The fraction of sp³-hybridized carbons (Fsp3) is 0.0952. The lowest BCUT2D eigenvalue weighted by molar-refractivity contribution is -0.129. The number of ether oxygens (including phenoxy) is 1. The van der Waals surface area contributed by atoms with Crippen molar-refractivity contribution < 1.29 is 23.8 Å². The zero-order valence-electron chi connectivity index (χ0n) is 15.0. The van der Waals surface area contributed by atoms with Crippen LogP contribution in [0.4, 0.5) is 0 Å². The van der Waals surface area contributed by atoms with Crippen molar-refractivity contribution in [3.05, 3.63) is 83.6 Å². The minimum Gasteiger partial charge on any atom is -0.465 e. The molecule has 0 aliphatic rings. The van der Waals surface area contributed by atoms with Crippen LogP contribution >= 0.6 is 0 Å². The SMILES string of the molecule is COC(=O)c1cccc(-c2ccc(/C=N\NC(=O)[C@H](O)c3ccccc3)o2)c1. The number of nitrogens with zero attached hydrogens (tertiary/aromatic N) is 1. The quantitative estimate of drug-likeness (QED) is 0.390. The van der Waals surface area contributed by atoms with Crippen LogP contribution < -0.4 is 5.43 Å². The van der Waals surface area contributed by atoms with E-state index < -0.39 is 18.0 Å². The highest BCUT2D eigenvalue weighted by Gasteiger charge is 2.16. The Morgan fingerprint density at radius 2 is 1.89 bits per heavy atom. The number of amides is 1. The molecule has 2 aromatic carbocycles. The second-order valence-corrected chi connectivity index (χ2v) is 5.82. The Kier molecular flexibility index (Phi) is 5.98. The van der Waals surface area contributed by atoms with Gasteiger partial charge < -0.3 is 14.3 Å². The number of furan rings is 1. The molecule has 7 heteroatoms. The van der Waals surface area contributed by atoms with E-state index in [0.717, 1.165) is 0 Å². The molecule has 0 bridgehead atoms. The van der Waals surface area contributed by atoms with Crippen LogP contribution in [0.5, 0.6) is 0 Å². The average Bonchev–Trinajstić information content (AvgIpc) is 3.22. The molecule has 0 saturated heterocycles. The van der Waals surface area contributed by atoms with Crippen LogP contribution in [0.15, 0.2) is 76.2 Å². The molecule has 1 amide bonds. The monoisotopic (exact) mass is 378 g/mol. The van der Waals surface area contributed by atoms with E-state index in [0.29, 0.717) is 28.2 Å². The van der Waals surface area contributed by atoms with Gasteiger partial charge in [0.2, 0.25) is 0 Å². The molecule has 2 N–H and O–H groups in total. The summed E-state index contributed by atoms with van der Waals surface area (Å²) in [6.45, 7) is 0. The second-order valence-electron chi connectivity index (χ2n) is 5.82. The molecule has 3 aromatic rings. The fourth-order valence-corrected chi connectivity index (χ4v) is 2.50. The van der Waals surface area contributed by atoms with Gasteiger partial charge in [-0.05, 0) is 29.8 Å². The number of hydrazone groups is 1. The fourth-order valence-electron chi connectivity index (χ4n) is 2.50. The van der Waals surface area contributed by atoms with Gasteiger partial charge >= 0.3 is 5.97 Å². The summed E-state index contributed by atoms with van der Waals surface area (Å²) in [6, 6.07) is 18.8. The van der Waals surface area contributed by atoms with E-state index in [2.05, 4.69) is 10.5 Å². The number of aliphatic hydroxyl groups is 1. The third-order valence-corrected chi connectivity index (χ3v) is 3.93. The van der Waals surface area contributed by atoms with Crippen LogP contribution in [0.1, 0.15) is 27.8 Å². The Hall–Kier alpha value is -3.71. The highest BCUT2D eigenvalue weighted by atomic mass is 16.5. The number of benzene rings is 2. The van der Waals surface area contributed by atoms with Gasteiger partial charge in [-0.25, -0.2) is 10.2 Å². The third kappa shape index (κ3) is 4.52. The molecular weight excluding hydrogens is 360 g/mol. The molecule has 1 heterocycles. The predicted octanol–water partition coefficient (Wildman–Crippen LogP) is 2.92. The Bertz CT molecular complexity index is 995. The lowest BCUT2D eigenvalue weighted by Gasteiger charge is -2.08. The lowest BCUT2D eigenvalue weighted by atomic mass is 10.1. The molecule has 1 atom stereocenters. The van der Waals surface area contributed by atoms with Crippen molar-refractivity contribution in [2.75, 3.05) is 7.11 Å². The van der Waals surface area contributed by atoms with Crippen molar-refractivity contribution >= 4 is 18.1 Å². The first-order valence-corrected chi connectivity index (χ1v) is 8.43. The molecule has 3 rings (SSSR count). The molecule has 28 heavy (non-hydrogen) atoms. The molecular formula is C21H18N2O5. The summed E-state index contributed by atoms with van der Waals surface area (Å²) in [5.74, 6) is -0.161.